The molecule has 2 amide bonds. The third-order valence-corrected chi connectivity index (χ3v) is 7.88. The molecule has 35 heavy (non-hydrogen) atoms. The number of aromatic nitrogens is 4. The summed E-state index contributed by atoms with van der Waals surface area (Å²) < 4.78 is 6.98. The summed E-state index contributed by atoms with van der Waals surface area (Å²) in [6.07, 6.45) is 7.14. The second-order valence-electron chi connectivity index (χ2n) is 8.06. The number of nitrogens with zero attached hydrogens (tertiary/aromatic N) is 5. The predicted molar refractivity (Wildman–Crippen MR) is 134 cm³/mol. The predicted octanol–water partition coefficient (Wildman–Crippen LogP) is 3.88. The maximum absolute atomic E-state index is 13.3. The van der Waals surface area contributed by atoms with Crippen molar-refractivity contribution in [1.29, 1.82) is 0 Å². The number of fused-ring (bicyclic) bond motifs is 1. The van der Waals surface area contributed by atoms with Crippen LogP contribution in [0, 0.1) is 6.92 Å². The first-order valence-corrected chi connectivity index (χ1v) is 13.1. The van der Waals surface area contributed by atoms with Gasteiger partial charge in [0, 0.05) is 0 Å². The van der Waals surface area contributed by atoms with Gasteiger partial charge >= 0.3 is 213 Å². The van der Waals surface area contributed by atoms with Crippen LogP contribution in [0.25, 0.3) is 20.9 Å². The summed E-state index contributed by atoms with van der Waals surface area (Å²) in [5.74, 6) is 0.893. The molecule has 178 valence electrons. The van der Waals surface area contributed by atoms with E-state index in [4.69, 9.17) is 16.3 Å². The van der Waals surface area contributed by atoms with Crippen LogP contribution < -0.4 is 15.0 Å². The van der Waals surface area contributed by atoms with E-state index >= 15 is 0 Å². The van der Waals surface area contributed by atoms with E-state index in [-0.39, 0.29) is 31.5 Å². The van der Waals surface area contributed by atoms with Gasteiger partial charge in [-0.2, -0.15) is 0 Å². The van der Waals surface area contributed by atoms with Crippen LogP contribution in [0.4, 0.5) is 10.5 Å². The number of methoxy groups -OCH3 is 1. The number of hydrogen-bond acceptors (Lipinski definition) is 7. The Hall–Kier alpha value is -3.33. The van der Waals surface area contributed by atoms with Gasteiger partial charge in [0.15, 0.2) is 0 Å². The van der Waals surface area contributed by atoms with Gasteiger partial charge in [0.05, 0.1) is 0 Å². The number of piperidine rings is 1. The monoisotopic (exact) mass is 556 g/mol. The Bertz CT molecular complexity index is 1460. The minimum atomic E-state index is -0.338. The van der Waals surface area contributed by atoms with Crippen molar-refractivity contribution < 1.29 is 14.3 Å². The Balaban J connectivity index is 1.46. The van der Waals surface area contributed by atoms with Crippen LogP contribution in [-0.2, 0) is 4.79 Å². The van der Waals surface area contributed by atoms with Gasteiger partial charge in [-0.15, -0.1) is 0 Å². The van der Waals surface area contributed by atoms with Gasteiger partial charge in [-0.3, -0.25) is 0 Å². The molecule has 9 nitrogen and oxygen atoms in total. The maximum atomic E-state index is 13.3. The van der Waals surface area contributed by atoms with Crippen molar-refractivity contribution in [2.75, 3.05) is 23.9 Å². The third kappa shape index (κ3) is 4.77. The third-order valence-electron chi connectivity index (χ3n) is 5.71. The molecule has 11 heteroatoms. The summed E-state index contributed by atoms with van der Waals surface area (Å²) in [7, 11) is 1.54. The summed E-state index contributed by atoms with van der Waals surface area (Å²) in [5, 5.41) is 3.22. The number of carbonyl (C=O) groups is 2. The second-order valence-corrected chi connectivity index (χ2v) is 10.6. The molecule has 0 bridgehead atoms. The molecule has 1 saturated heterocycles. The van der Waals surface area contributed by atoms with Gasteiger partial charge < -0.3 is 0 Å². The molecule has 5 rings (SSSR count). The van der Waals surface area contributed by atoms with Crippen molar-refractivity contribution in [2.24, 2.45) is 0 Å². The van der Waals surface area contributed by atoms with Crippen molar-refractivity contribution in [2.45, 2.75) is 26.2 Å². The second kappa shape index (κ2) is 9.73. The number of pyridine rings is 3. The van der Waals surface area contributed by atoms with E-state index in [0.29, 0.717) is 51.4 Å². The quantitative estimate of drug-likeness (QED) is 0.294. The van der Waals surface area contributed by atoms with Crippen molar-refractivity contribution in [3.8, 4) is 16.9 Å². The van der Waals surface area contributed by atoms with Crippen LogP contribution in [0.15, 0.2) is 36.8 Å². The summed E-state index contributed by atoms with van der Waals surface area (Å²) in [4.78, 5) is 44.7. The SMILES string of the molecule is COc1cnc(Cl)cc1-c1cc(C)ncc1C(=O)Nc1nc2cnc(N3CCCCC3=O)cc2[se]1. The first-order valence-electron chi connectivity index (χ1n) is 11.0. The summed E-state index contributed by atoms with van der Waals surface area (Å²) in [5.41, 5.74) is 3.09. The number of nitrogens with one attached hydrogen (secondary N) is 1. The number of ether oxygens (including phenoxy) is 1. The molecule has 1 aliphatic heterocycles. The molecular formula is C24H21ClN6O3Se. The van der Waals surface area contributed by atoms with Crippen LogP contribution >= 0.6 is 11.6 Å². The fourth-order valence-corrected chi connectivity index (χ4v) is 5.96. The molecule has 4 aromatic rings. The molecule has 0 radical (unpaired) electrons. The molecule has 0 aromatic carbocycles. The van der Waals surface area contributed by atoms with Crippen LogP contribution in [0.1, 0.15) is 35.3 Å². The summed E-state index contributed by atoms with van der Waals surface area (Å²) in [6.45, 7) is 2.52. The minimum absolute atomic E-state index is 0.0923. The van der Waals surface area contributed by atoms with Crippen molar-refractivity contribution >= 4 is 58.2 Å². The fraction of sp³-hybridized carbons (Fsp3) is 0.250. The number of rotatable bonds is 5. The zero-order valence-corrected chi connectivity index (χ0v) is 21.5. The van der Waals surface area contributed by atoms with Gasteiger partial charge in [-0.1, -0.05) is 0 Å². The van der Waals surface area contributed by atoms with Gasteiger partial charge in [0.25, 0.3) is 0 Å². The molecule has 1 fully saturated rings. The number of aryl methyl sites for hydroxylation is 1. The van der Waals surface area contributed by atoms with Crippen molar-refractivity contribution in [3.63, 3.8) is 0 Å². The Morgan fingerprint density at radius 2 is 1.97 bits per heavy atom. The van der Waals surface area contributed by atoms with Crippen molar-refractivity contribution in [1.82, 2.24) is 19.9 Å². The molecule has 0 atom stereocenters. The molecule has 1 N–H and O–H groups in total. The Labute approximate surface area is 212 Å². The number of carbonyl (C=O) groups excluding carboxylic acids is 2. The number of amides is 2. The van der Waals surface area contributed by atoms with E-state index in [1.165, 1.54) is 19.5 Å². The van der Waals surface area contributed by atoms with Gasteiger partial charge in [-0.25, -0.2) is 0 Å². The number of anilines is 2. The average molecular weight is 556 g/mol. The fourth-order valence-electron chi connectivity index (χ4n) is 3.99. The van der Waals surface area contributed by atoms with E-state index in [9.17, 15) is 9.59 Å². The first kappa shape index (κ1) is 23.4. The topological polar surface area (TPSA) is 110 Å². The Morgan fingerprint density at radius 1 is 1.11 bits per heavy atom. The first-order chi connectivity index (χ1) is 16.9. The van der Waals surface area contributed by atoms with Gasteiger partial charge in [0.1, 0.15) is 0 Å². The standard InChI is InChI=1S/C24H21ClN6O3Se/c1-13-7-14(15-8-20(25)27-12-18(15)34-2)16(10-26-13)23(33)30-24-29-17-11-28-21(9-19(17)35-24)31-6-4-3-5-22(31)32/h7-12H,3-6H2,1-2H3,(H,29,30,33). The molecular weight excluding hydrogens is 535 g/mol. The van der Waals surface area contributed by atoms with E-state index in [2.05, 4.69) is 25.3 Å². The van der Waals surface area contributed by atoms with E-state index in [0.717, 1.165) is 22.8 Å². The van der Waals surface area contributed by atoms with Crippen LogP contribution in [0.5, 0.6) is 5.75 Å². The van der Waals surface area contributed by atoms with Gasteiger partial charge in [0.2, 0.25) is 0 Å². The molecule has 4 aromatic heterocycles. The molecule has 0 unspecified atom stereocenters. The van der Waals surface area contributed by atoms with Crippen LogP contribution in [0.3, 0.4) is 0 Å². The average Bonchev–Trinajstić information content (AvgIpc) is 3.25. The molecule has 0 spiro atoms. The van der Waals surface area contributed by atoms with E-state index < -0.39 is 0 Å². The summed E-state index contributed by atoms with van der Waals surface area (Å²) >= 11 is 5.89. The van der Waals surface area contributed by atoms with Gasteiger partial charge in [-0.05, 0) is 0 Å². The molecule has 5 heterocycles. The van der Waals surface area contributed by atoms with E-state index in [1.807, 2.05) is 19.1 Å². The molecule has 0 saturated carbocycles. The molecule has 0 aliphatic carbocycles. The Morgan fingerprint density at radius 3 is 2.77 bits per heavy atom. The van der Waals surface area contributed by atoms with Crippen LogP contribution in [-0.4, -0.2) is 59.9 Å². The van der Waals surface area contributed by atoms with E-state index in [1.54, 1.807) is 17.2 Å². The number of hydrogen-bond donors (Lipinski definition) is 1. The normalized spacial score (nSPS) is 13.8. The van der Waals surface area contributed by atoms with Crippen molar-refractivity contribution in [3.05, 3.63) is 53.2 Å². The Kier molecular flexibility index (Phi) is 6.51. The molecule has 1 aliphatic rings. The van der Waals surface area contributed by atoms with Crippen LogP contribution in [0.2, 0.25) is 5.15 Å². The zero-order chi connectivity index (χ0) is 24.5. The summed E-state index contributed by atoms with van der Waals surface area (Å²) in [6, 6.07) is 5.38. The number of halogens is 1. The zero-order valence-electron chi connectivity index (χ0n) is 19.0.